The van der Waals surface area contributed by atoms with E-state index in [0.717, 1.165) is 81.8 Å². The van der Waals surface area contributed by atoms with Crippen molar-refractivity contribution in [3.63, 3.8) is 0 Å². The Balaban J connectivity index is 1.32. The van der Waals surface area contributed by atoms with Gasteiger partial charge in [0.15, 0.2) is 5.11 Å². The van der Waals surface area contributed by atoms with Crippen LogP contribution in [0, 0.1) is 13.8 Å². The van der Waals surface area contributed by atoms with Crippen LogP contribution in [0.4, 0.5) is 5.69 Å². The number of nitrogens with one attached hydrogen (secondary N) is 2. The largest absolute Gasteiger partial charge is 0.385 e. The summed E-state index contributed by atoms with van der Waals surface area (Å²) in [4.78, 5) is 9.61. The van der Waals surface area contributed by atoms with Gasteiger partial charge in [-0.05, 0) is 74.8 Å². The maximum absolute atomic E-state index is 5.91. The number of rotatable bonds is 11. The summed E-state index contributed by atoms with van der Waals surface area (Å²) in [6, 6.07) is 19.0. The van der Waals surface area contributed by atoms with Gasteiger partial charge >= 0.3 is 0 Å². The quantitative estimate of drug-likeness (QED) is 0.274. The van der Waals surface area contributed by atoms with Crippen molar-refractivity contribution < 1.29 is 4.74 Å². The van der Waals surface area contributed by atoms with Crippen LogP contribution in [0.15, 0.2) is 60.8 Å². The van der Waals surface area contributed by atoms with Crippen LogP contribution in [0.1, 0.15) is 47.6 Å². The Hall–Kier alpha value is -2.94. The first-order valence-electron chi connectivity index (χ1n) is 13.9. The molecule has 0 amide bonds. The van der Waals surface area contributed by atoms with E-state index in [4.69, 9.17) is 21.9 Å². The third kappa shape index (κ3) is 6.20. The summed E-state index contributed by atoms with van der Waals surface area (Å²) in [5.41, 5.74) is 6.16. The Bertz CT molecular complexity index is 1180. The maximum Gasteiger partial charge on any atom is 0.170 e. The van der Waals surface area contributed by atoms with Crippen LogP contribution in [-0.2, 0) is 11.3 Å². The Morgan fingerprint density at radius 1 is 1.00 bits per heavy atom. The predicted molar refractivity (Wildman–Crippen MR) is 157 cm³/mol. The Morgan fingerprint density at radius 3 is 2.55 bits per heavy atom. The van der Waals surface area contributed by atoms with Crippen molar-refractivity contribution in [1.29, 1.82) is 0 Å². The first kappa shape index (κ1) is 26.7. The maximum atomic E-state index is 5.91. The van der Waals surface area contributed by atoms with Crippen molar-refractivity contribution in [2.75, 3.05) is 51.3 Å². The van der Waals surface area contributed by atoms with Gasteiger partial charge in [-0.15, -0.1) is 0 Å². The molecule has 1 aromatic carbocycles. The average molecular weight is 533 g/mol. The molecule has 3 aromatic rings. The molecule has 2 aliphatic heterocycles. The predicted octanol–water partition coefficient (Wildman–Crippen LogP) is 4.70. The van der Waals surface area contributed by atoms with E-state index in [9.17, 15) is 0 Å². The lowest BCUT2D eigenvalue weighted by molar-refractivity contribution is 0.0369. The number of aryl methyl sites for hydroxylation is 1. The normalized spacial score (nSPS) is 20.1. The molecule has 38 heavy (non-hydrogen) atoms. The van der Waals surface area contributed by atoms with Crippen LogP contribution < -0.4 is 10.6 Å². The fraction of sp³-hybridized carbons (Fsp3) is 0.467. The summed E-state index contributed by atoms with van der Waals surface area (Å²) in [7, 11) is 0. The molecule has 2 saturated heterocycles. The van der Waals surface area contributed by atoms with E-state index in [1.165, 1.54) is 17.0 Å². The lowest BCUT2D eigenvalue weighted by atomic mass is 9.96. The topological polar surface area (TPSA) is 57.6 Å². The highest BCUT2D eigenvalue weighted by molar-refractivity contribution is 7.80. The van der Waals surface area contributed by atoms with Gasteiger partial charge in [-0.3, -0.25) is 9.88 Å². The minimum Gasteiger partial charge on any atom is -0.385 e. The van der Waals surface area contributed by atoms with Gasteiger partial charge in [-0.2, -0.15) is 0 Å². The molecule has 0 spiro atoms. The van der Waals surface area contributed by atoms with Gasteiger partial charge < -0.3 is 24.8 Å². The molecule has 2 aliphatic rings. The van der Waals surface area contributed by atoms with Crippen molar-refractivity contribution >= 4 is 23.0 Å². The summed E-state index contributed by atoms with van der Waals surface area (Å²) in [5, 5.41) is 7.96. The molecule has 202 valence electrons. The van der Waals surface area contributed by atoms with Gasteiger partial charge in [-0.25, -0.2) is 0 Å². The van der Waals surface area contributed by atoms with Crippen molar-refractivity contribution in [2.45, 2.75) is 45.3 Å². The molecular weight excluding hydrogens is 492 g/mol. The Kier molecular flexibility index (Phi) is 8.94. The fourth-order valence-electron chi connectivity index (χ4n) is 5.77. The third-order valence-electron chi connectivity index (χ3n) is 7.77. The molecule has 0 saturated carbocycles. The van der Waals surface area contributed by atoms with Gasteiger partial charge in [0.25, 0.3) is 0 Å². The molecule has 5 rings (SSSR count). The minimum atomic E-state index is 0.0214. The summed E-state index contributed by atoms with van der Waals surface area (Å²) in [5.74, 6) is 0. The molecule has 0 radical (unpaired) electrons. The van der Waals surface area contributed by atoms with Crippen molar-refractivity contribution in [3.8, 4) is 0 Å². The van der Waals surface area contributed by atoms with Crippen LogP contribution in [-0.4, -0.2) is 70.4 Å². The number of para-hydroxylation sites is 1. The second kappa shape index (κ2) is 12.7. The number of morpholine rings is 1. The minimum absolute atomic E-state index is 0.0214. The number of anilines is 1. The van der Waals surface area contributed by atoms with E-state index in [-0.39, 0.29) is 12.1 Å². The molecule has 0 bridgehead atoms. The molecule has 0 unspecified atom stereocenters. The average Bonchev–Trinajstić information content (AvgIpc) is 3.43. The van der Waals surface area contributed by atoms with E-state index in [1.807, 2.05) is 18.3 Å². The zero-order valence-electron chi connectivity index (χ0n) is 22.6. The van der Waals surface area contributed by atoms with Gasteiger partial charge in [0.05, 0.1) is 31.0 Å². The molecule has 4 heterocycles. The van der Waals surface area contributed by atoms with Gasteiger partial charge in [0, 0.05) is 62.5 Å². The molecule has 2 aromatic heterocycles. The lowest BCUT2D eigenvalue weighted by Gasteiger charge is -2.28. The van der Waals surface area contributed by atoms with Crippen LogP contribution in [0.2, 0.25) is 0 Å². The molecule has 8 heteroatoms. The monoisotopic (exact) mass is 532 g/mol. The standard InChI is InChI=1S/C30H40N6OS/c1-23-22-26(24(2)35(23)17-9-15-34-18-20-37-21-19-34)29-28(27-12-6-7-13-32-27)33-30(38)36(29)16-8-14-31-25-10-4-3-5-11-25/h3-7,10-13,22,28-29,31H,8-9,14-21H2,1-2H3,(H,33,38)/t28-,29+/m0/s1. The highest BCUT2D eigenvalue weighted by Crippen LogP contribution is 2.40. The smallest absolute Gasteiger partial charge is 0.170 e. The molecule has 0 aliphatic carbocycles. The van der Waals surface area contributed by atoms with Crippen LogP contribution in [0.25, 0.3) is 0 Å². The van der Waals surface area contributed by atoms with Crippen molar-refractivity contribution in [3.05, 3.63) is 83.4 Å². The molecule has 2 atom stereocenters. The van der Waals surface area contributed by atoms with E-state index < -0.39 is 0 Å². The highest BCUT2D eigenvalue weighted by Gasteiger charge is 2.41. The highest BCUT2D eigenvalue weighted by atomic mass is 32.1. The molecule has 7 nitrogen and oxygen atoms in total. The Morgan fingerprint density at radius 2 is 1.79 bits per heavy atom. The summed E-state index contributed by atoms with van der Waals surface area (Å²) < 4.78 is 8.00. The molecule has 2 fully saturated rings. The Labute approximate surface area is 232 Å². The lowest BCUT2D eigenvalue weighted by Crippen LogP contribution is -2.37. The van der Waals surface area contributed by atoms with Gasteiger partial charge in [-0.1, -0.05) is 24.3 Å². The van der Waals surface area contributed by atoms with E-state index >= 15 is 0 Å². The van der Waals surface area contributed by atoms with E-state index in [2.05, 4.69) is 81.3 Å². The van der Waals surface area contributed by atoms with Crippen molar-refractivity contribution in [2.24, 2.45) is 0 Å². The number of thiocarbonyl (C=S) groups is 1. The number of nitrogens with zero attached hydrogens (tertiary/aromatic N) is 4. The zero-order chi connectivity index (χ0) is 26.3. The van der Waals surface area contributed by atoms with Gasteiger partial charge in [0.1, 0.15) is 0 Å². The summed E-state index contributed by atoms with van der Waals surface area (Å²) in [6.45, 7) is 12.2. The zero-order valence-corrected chi connectivity index (χ0v) is 23.4. The summed E-state index contributed by atoms with van der Waals surface area (Å²) in [6.07, 6.45) is 3.99. The number of ether oxygens (including phenoxy) is 1. The van der Waals surface area contributed by atoms with Crippen LogP contribution in [0.3, 0.4) is 0 Å². The third-order valence-corrected chi connectivity index (χ3v) is 8.12. The number of hydrogen-bond donors (Lipinski definition) is 2. The van der Waals surface area contributed by atoms with Crippen LogP contribution in [0.5, 0.6) is 0 Å². The SMILES string of the molecule is Cc1cc([C@@H]2[C@H](c3ccccn3)NC(=S)N2CCCNc2ccccc2)c(C)n1CCCN1CCOCC1. The molecular formula is C30H40N6OS. The number of hydrogen-bond acceptors (Lipinski definition) is 5. The second-order valence-corrected chi connectivity index (χ2v) is 10.6. The van der Waals surface area contributed by atoms with Crippen LogP contribution >= 0.6 is 12.2 Å². The second-order valence-electron chi connectivity index (χ2n) is 10.3. The number of aromatic nitrogens is 2. The molecule has 2 N–H and O–H groups in total. The van der Waals surface area contributed by atoms with Gasteiger partial charge in [0.2, 0.25) is 0 Å². The van der Waals surface area contributed by atoms with E-state index in [0.29, 0.717) is 0 Å². The number of benzene rings is 1. The fourth-order valence-corrected chi connectivity index (χ4v) is 6.10. The summed E-state index contributed by atoms with van der Waals surface area (Å²) >= 11 is 5.91. The number of pyridine rings is 1. The van der Waals surface area contributed by atoms with E-state index in [1.54, 1.807) is 0 Å². The first-order chi connectivity index (χ1) is 18.6. The van der Waals surface area contributed by atoms with Crippen molar-refractivity contribution in [1.82, 2.24) is 24.7 Å². The first-order valence-corrected chi connectivity index (χ1v) is 14.3.